The van der Waals surface area contributed by atoms with E-state index in [0.29, 0.717) is 24.1 Å². The third-order valence-corrected chi connectivity index (χ3v) is 6.42. The molecule has 2 amide bonds. The van der Waals surface area contributed by atoms with Crippen molar-refractivity contribution >= 4 is 40.7 Å². The summed E-state index contributed by atoms with van der Waals surface area (Å²) in [5, 5.41) is 6.37. The Morgan fingerprint density at radius 1 is 0.976 bits per heavy atom. The van der Waals surface area contributed by atoms with E-state index in [1.807, 2.05) is 46.0 Å². The van der Waals surface area contributed by atoms with E-state index in [9.17, 15) is 19.2 Å². The zero-order valence-corrected chi connectivity index (χ0v) is 24.6. The number of aromatic nitrogens is 3. The van der Waals surface area contributed by atoms with E-state index in [4.69, 9.17) is 9.47 Å². The number of carbonyl (C=O) groups excluding carboxylic acids is 4. The molecule has 3 N–H and O–H groups in total. The first-order chi connectivity index (χ1) is 19.4. The molecule has 0 aliphatic rings. The average Bonchev–Trinajstić information content (AvgIpc) is 3.33. The van der Waals surface area contributed by atoms with E-state index < -0.39 is 29.3 Å². The molecule has 0 fully saturated rings. The van der Waals surface area contributed by atoms with Gasteiger partial charge in [-0.05, 0) is 63.3 Å². The summed E-state index contributed by atoms with van der Waals surface area (Å²) in [6.07, 6.45) is 3.39. The standard InChI is InChI=1S/C30H39N5O6/c1-7-40-23(36)16-15-22(27(38)41-8-2)33-26(37)20-12-9-19(10-13-20)11-14-21-17-31-25-24(21)18(3)32-29(34-25)35-28(39)30(4,5)6/h9-10,12-13,17,22H,7-8,11,14-16H2,1-6H3,(H,33,37)(H2,31,32,34,35,39)/t22-/m0/s1. The van der Waals surface area contributed by atoms with Crippen LogP contribution in [0.2, 0.25) is 0 Å². The van der Waals surface area contributed by atoms with Crippen LogP contribution in [0.5, 0.6) is 0 Å². The summed E-state index contributed by atoms with van der Waals surface area (Å²) < 4.78 is 9.98. The van der Waals surface area contributed by atoms with Gasteiger partial charge >= 0.3 is 11.9 Å². The van der Waals surface area contributed by atoms with E-state index in [-0.39, 0.29) is 37.9 Å². The summed E-state index contributed by atoms with van der Waals surface area (Å²) >= 11 is 0. The monoisotopic (exact) mass is 565 g/mol. The number of ether oxygens (including phenoxy) is 2. The lowest BCUT2D eigenvalue weighted by Crippen LogP contribution is -2.42. The van der Waals surface area contributed by atoms with Crippen molar-refractivity contribution in [2.45, 2.75) is 73.3 Å². The van der Waals surface area contributed by atoms with Crippen molar-refractivity contribution in [3.63, 3.8) is 0 Å². The summed E-state index contributed by atoms with van der Waals surface area (Å²) in [6.45, 7) is 11.2. The molecule has 1 atom stereocenters. The van der Waals surface area contributed by atoms with Gasteiger partial charge in [-0.3, -0.25) is 19.7 Å². The van der Waals surface area contributed by atoms with Crippen molar-refractivity contribution in [2.24, 2.45) is 5.41 Å². The average molecular weight is 566 g/mol. The number of benzene rings is 1. The second-order valence-corrected chi connectivity index (χ2v) is 10.7. The normalized spacial score (nSPS) is 12.0. The van der Waals surface area contributed by atoms with Crippen LogP contribution in [0.3, 0.4) is 0 Å². The number of amides is 2. The predicted octanol–water partition coefficient (Wildman–Crippen LogP) is 4.04. The summed E-state index contributed by atoms with van der Waals surface area (Å²) in [7, 11) is 0. The number of nitrogens with zero attached hydrogens (tertiary/aromatic N) is 2. The second kappa shape index (κ2) is 13.9. The topological polar surface area (TPSA) is 152 Å². The van der Waals surface area contributed by atoms with Crippen molar-refractivity contribution in [1.82, 2.24) is 20.3 Å². The highest BCUT2D eigenvalue weighted by atomic mass is 16.5. The highest BCUT2D eigenvalue weighted by molar-refractivity contribution is 5.97. The van der Waals surface area contributed by atoms with Crippen LogP contribution in [-0.2, 0) is 36.7 Å². The number of fused-ring (bicyclic) bond motifs is 1. The van der Waals surface area contributed by atoms with Gasteiger partial charge in [0.1, 0.15) is 11.7 Å². The third kappa shape index (κ3) is 8.60. The number of anilines is 1. The van der Waals surface area contributed by atoms with E-state index >= 15 is 0 Å². The number of H-pyrrole nitrogens is 1. The fourth-order valence-electron chi connectivity index (χ4n) is 4.16. The Morgan fingerprint density at radius 3 is 2.29 bits per heavy atom. The minimum absolute atomic E-state index is 0.0121. The lowest BCUT2D eigenvalue weighted by molar-refractivity contribution is -0.146. The SMILES string of the molecule is CCOC(=O)CC[C@H](NC(=O)c1ccc(CCc2c[nH]c3nc(NC(=O)C(C)(C)C)nc(C)c23)cc1)C(=O)OCC. The Kier molecular flexibility index (Phi) is 10.6. The van der Waals surface area contributed by atoms with Crippen molar-refractivity contribution < 1.29 is 28.7 Å². The largest absolute Gasteiger partial charge is 0.466 e. The van der Waals surface area contributed by atoms with Crippen molar-refractivity contribution in [3.05, 3.63) is 52.8 Å². The number of aromatic amines is 1. The zero-order valence-electron chi connectivity index (χ0n) is 24.6. The number of hydrogen-bond acceptors (Lipinski definition) is 8. The molecule has 41 heavy (non-hydrogen) atoms. The number of nitrogens with one attached hydrogen (secondary N) is 3. The van der Waals surface area contributed by atoms with Crippen LogP contribution >= 0.6 is 0 Å². The molecule has 2 heterocycles. The van der Waals surface area contributed by atoms with Crippen molar-refractivity contribution in [1.29, 1.82) is 0 Å². The lowest BCUT2D eigenvalue weighted by Gasteiger charge is -2.17. The number of carbonyl (C=O) groups is 4. The highest BCUT2D eigenvalue weighted by Crippen LogP contribution is 2.24. The first kappa shape index (κ1) is 31.3. The Bertz CT molecular complexity index is 1390. The molecule has 220 valence electrons. The molecule has 0 saturated carbocycles. The second-order valence-electron chi connectivity index (χ2n) is 10.7. The molecule has 0 saturated heterocycles. The Morgan fingerprint density at radius 2 is 1.66 bits per heavy atom. The van der Waals surface area contributed by atoms with Gasteiger partial charge in [0.25, 0.3) is 5.91 Å². The maximum Gasteiger partial charge on any atom is 0.328 e. The number of esters is 2. The summed E-state index contributed by atoms with van der Waals surface area (Å²) in [4.78, 5) is 61.4. The van der Waals surface area contributed by atoms with Gasteiger partial charge in [-0.1, -0.05) is 32.9 Å². The zero-order chi connectivity index (χ0) is 30.2. The quantitative estimate of drug-likeness (QED) is 0.278. The Labute approximate surface area is 239 Å². The van der Waals surface area contributed by atoms with Crippen LogP contribution < -0.4 is 10.6 Å². The number of hydrogen-bond donors (Lipinski definition) is 3. The molecule has 0 spiro atoms. The van der Waals surface area contributed by atoms with Crippen LogP contribution in [0.4, 0.5) is 5.95 Å². The van der Waals surface area contributed by atoms with E-state index in [2.05, 4.69) is 25.6 Å². The molecule has 2 aromatic heterocycles. The van der Waals surface area contributed by atoms with E-state index in [0.717, 1.165) is 22.2 Å². The molecule has 11 nitrogen and oxygen atoms in total. The number of aryl methyl sites for hydroxylation is 3. The molecule has 3 rings (SSSR count). The van der Waals surface area contributed by atoms with Crippen LogP contribution in [-0.4, -0.2) is 58.0 Å². The van der Waals surface area contributed by atoms with Crippen LogP contribution in [0.1, 0.15) is 74.6 Å². The van der Waals surface area contributed by atoms with Gasteiger partial charge in [-0.15, -0.1) is 0 Å². The highest BCUT2D eigenvalue weighted by Gasteiger charge is 2.25. The maximum atomic E-state index is 12.8. The van der Waals surface area contributed by atoms with Gasteiger partial charge in [0, 0.05) is 29.0 Å². The van der Waals surface area contributed by atoms with Gasteiger partial charge < -0.3 is 19.8 Å². The molecule has 1 aromatic carbocycles. The van der Waals surface area contributed by atoms with Crippen molar-refractivity contribution in [3.8, 4) is 0 Å². The van der Waals surface area contributed by atoms with Gasteiger partial charge in [0.15, 0.2) is 0 Å². The van der Waals surface area contributed by atoms with E-state index in [1.165, 1.54) is 0 Å². The van der Waals surface area contributed by atoms with Gasteiger partial charge in [-0.2, -0.15) is 4.98 Å². The summed E-state index contributed by atoms with van der Waals surface area (Å²) in [5.41, 5.74) is 3.32. The minimum atomic E-state index is -0.957. The fraction of sp³-hybridized carbons (Fsp3) is 0.467. The van der Waals surface area contributed by atoms with Gasteiger partial charge in [0.2, 0.25) is 11.9 Å². The Balaban J connectivity index is 1.63. The first-order valence-electron chi connectivity index (χ1n) is 13.8. The smallest absolute Gasteiger partial charge is 0.328 e. The van der Waals surface area contributed by atoms with Crippen LogP contribution in [0.25, 0.3) is 11.0 Å². The maximum absolute atomic E-state index is 12.8. The summed E-state index contributed by atoms with van der Waals surface area (Å²) in [5.74, 6) is -1.36. The predicted molar refractivity (Wildman–Crippen MR) is 154 cm³/mol. The fourth-order valence-corrected chi connectivity index (χ4v) is 4.16. The van der Waals surface area contributed by atoms with Crippen LogP contribution in [0, 0.1) is 12.3 Å². The molecule has 11 heteroatoms. The van der Waals surface area contributed by atoms with E-state index in [1.54, 1.807) is 26.0 Å². The molecule has 0 aliphatic heterocycles. The molecule has 0 radical (unpaired) electrons. The third-order valence-electron chi connectivity index (χ3n) is 6.42. The molecule has 0 aliphatic carbocycles. The first-order valence-corrected chi connectivity index (χ1v) is 13.8. The van der Waals surface area contributed by atoms with Crippen LogP contribution in [0.15, 0.2) is 30.5 Å². The molecular formula is C30H39N5O6. The molecule has 3 aromatic rings. The molecule has 0 unspecified atom stereocenters. The van der Waals surface area contributed by atoms with Gasteiger partial charge in [-0.25, -0.2) is 9.78 Å². The number of rotatable bonds is 12. The molecular weight excluding hydrogens is 526 g/mol. The van der Waals surface area contributed by atoms with Crippen molar-refractivity contribution in [2.75, 3.05) is 18.5 Å². The minimum Gasteiger partial charge on any atom is -0.466 e. The summed E-state index contributed by atoms with van der Waals surface area (Å²) in [6, 6.07) is 6.18. The molecule has 0 bridgehead atoms. The lowest BCUT2D eigenvalue weighted by atomic mass is 9.96. The Hall–Kier alpha value is -4.28. The van der Waals surface area contributed by atoms with Gasteiger partial charge in [0.05, 0.1) is 18.9 Å².